The molecule has 1 atom stereocenters. The second kappa shape index (κ2) is 11.0. The molecule has 4 rings (SSSR count). The van der Waals surface area contributed by atoms with Crippen molar-refractivity contribution < 1.29 is 23.5 Å². The maximum atomic E-state index is 12.8. The first-order chi connectivity index (χ1) is 18.0. The summed E-state index contributed by atoms with van der Waals surface area (Å²) in [6, 6.07) is 18.2. The van der Waals surface area contributed by atoms with Crippen molar-refractivity contribution in [2.45, 2.75) is 45.8 Å². The Bertz CT molecular complexity index is 1310. The molecular formula is C29H34N4O5. The van der Waals surface area contributed by atoms with Crippen LogP contribution in [0.25, 0.3) is 11.3 Å². The van der Waals surface area contributed by atoms with Crippen LogP contribution in [0.2, 0.25) is 0 Å². The van der Waals surface area contributed by atoms with E-state index in [1.165, 1.54) is 6.92 Å². The third-order valence-corrected chi connectivity index (χ3v) is 6.18. The van der Waals surface area contributed by atoms with Crippen LogP contribution in [0.15, 0.2) is 65.1 Å². The van der Waals surface area contributed by atoms with Gasteiger partial charge in [0, 0.05) is 49.7 Å². The van der Waals surface area contributed by atoms with Gasteiger partial charge in [0.1, 0.15) is 11.4 Å². The van der Waals surface area contributed by atoms with E-state index in [1.807, 2.05) is 57.2 Å². The lowest BCUT2D eigenvalue weighted by molar-refractivity contribution is -0.114. The Kier molecular flexibility index (Phi) is 7.75. The summed E-state index contributed by atoms with van der Waals surface area (Å²) in [5, 5.41) is 5.60. The van der Waals surface area contributed by atoms with E-state index in [0.717, 1.165) is 24.2 Å². The lowest BCUT2D eigenvalue weighted by atomic mass is 10.1. The van der Waals surface area contributed by atoms with Crippen molar-refractivity contribution in [1.82, 2.24) is 4.90 Å². The van der Waals surface area contributed by atoms with Gasteiger partial charge >= 0.3 is 6.09 Å². The molecule has 9 heteroatoms. The molecule has 38 heavy (non-hydrogen) atoms. The predicted octanol–water partition coefficient (Wildman–Crippen LogP) is 5.60. The highest BCUT2D eigenvalue weighted by Gasteiger charge is 2.31. The van der Waals surface area contributed by atoms with E-state index in [4.69, 9.17) is 9.15 Å². The molecule has 1 unspecified atom stereocenters. The number of amides is 3. The molecule has 0 radical (unpaired) electrons. The number of carbonyl (C=O) groups excluding carboxylic acids is 3. The Morgan fingerprint density at radius 1 is 1.00 bits per heavy atom. The Morgan fingerprint density at radius 3 is 2.42 bits per heavy atom. The quantitative estimate of drug-likeness (QED) is 0.440. The highest BCUT2D eigenvalue weighted by atomic mass is 16.6. The van der Waals surface area contributed by atoms with Gasteiger partial charge in [-0.15, -0.1) is 0 Å². The molecular weight excluding hydrogens is 484 g/mol. The smallest absolute Gasteiger partial charge is 0.410 e. The van der Waals surface area contributed by atoms with Crippen molar-refractivity contribution in [2.75, 3.05) is 35.7 Å². The molecule has 0 saturated carbocycles. The molecule has 2 heterocycles. The number of nitrogens with one attached hydrogen (secondary N) is 2. The molecule has 2 aromatic carbocycles. The molecule has 3 amide bonds. The summed E-state index contributed by atoms with van der Waals surface area (Å²) in [6.07, 6.45) is 0.534. The second-order valence-electron chi connectivity index (χ2n) is 10.4. The zero-order chi connectivity index (χ0) is 27.4. The first-order valence-corrected chi connectivity index (χ1v) is 12.6. The number of carbonyl (C=O) groups is 3. The number of likely N-dealkylation sites (N-methyl/N-ethyl adjacent to an activating group) is 1. The van der Waals surface area contributed by atoms with Gasteiger partial charge in [0.25, 0.3) is 5.91 Å². The first-order valence-electron chi connectivity index (χ1n) is 12.6. The van der Waals surface area contributed by atoms with Gasteiger partial charge < -0.3 is 29.6 Å². The van der Waals surface area contributed by atoms with Crippen molar-refractivity contribution in [1.29, 1.82) is 0 Å². The molecule has 0 aliphatic carbocycles. The van der Waals surface area contributed by atoms with E-state index in [9.17, 15) is 14.4 Å². The van der Waals surface area contributed by atoms with E-state index >= 15 is 0 Å². The normalized spacial score (nSPS) is 15.2. The third kappa shape index (κ3) is 6.73. The molecule has 1 aromatic heterocycles. The third-order valence-electron chi connectivity index (χ3n) is 6.18. The van der Waals surface area contributed by atoms with Crippen molar-refractivity contribution in [2.24, 2.45) is 0 Å². The zero-order valence-electron chi connectivity index (χ0n) is 22.4. The van der Waals surface area contributed by atoms with Crippen molar-refractivity contribution in [3.8, 4) is 11.3 Å². The zero-order valence-corrected chi connectivity index (χ0v) is 22.4. The number of hydrogen-bond donors (Lipinski definition) is 2. The van der Waals surface area contributed by atoms with E-state index in [0.29, 0.717) is 23.7 Å². The first kappa shape index (κ1) is 26.8. The lowest BCUT2D eigenvalue weighted by Gasteiger charge is -2.28. The summed E-state index contributed by atoms with van der Waals surface area (Å²) in [4.78, 5) is 40.4. The van der Waals surface area contributed by atoms with Gasteiger partial charge in [0.2, 0.25) is 5.91 Å². The van der Waals surface area contributed by atoms with Gasteiger partial charge in [0.15, 0.2) is 5.76 Å². The molecule has 1 saturated heterocycles. The number of hydrogen-bond acceptors (Lipinski definition) is 6. The van der Waals surface area contributed by atoms with Gasteiger partial charge in [-0.2, -0.15) is 0 Å². The van der Waals surface area contributed by atoms with Crippen LogP contribution in [-0.4, -0.2) is 54.6 Å². The average Bonchev–Trinajstić information content (AvgIpc) is 3.53. The number of benzene rings is 2. The van der Waals surface area contributed by atoms with Gasteiger partial charge in [-0.25, -0.2) is 4.79 Å². The van der Waals surface area contributed by atoms with E-state index in [2.05, 4.69) is 15.5 Å². The number of furan rings is 1. The van der Waals surface area contributed by atoms with Gasteiger partial charge in [-0.3, -0.25) is 9.59 Å². The highest BCUT2D eigenvalue weighted by molar-refractivity contribution is 6.02. The minimum absolute atomic E-state index is 0.0660. The predicted molar refractivity (Wildman–Crippen MR) is 147 cm³/mol. The fourth-order valence-electron chi connectivity index (χ4n) is 4.29. The SMILES string of the molecule is CC(=O)Nc1cccc(-c2ccc(C(=O)Nc3ccc(N4CCC(N(C)C(=O)OC(C)(C)C)C4)cc3)o2)c1. The summed E-state index contributed by atoms with van der Waals surface area (Å²) in [5.74, 6) is 0.187. The molecule has 1 fully saturated rings. The Labute approximate surface area is 222 Å². The average molecular weight is 519 g/mol. The Morgan fingerprint density at radius 2 is 1.74 bits per heavy atom. The number of ether oxygens (including phenoxy) is 1. The topological polar surface area (TPSA) is 104 Å². The Balaban J connectivity index is 1.34. The van der Waals surface area contributed by atoms with Crippen LogP contribution in [0.5, 0.6) is 0 Å². The van der Waals surface area contributed by atoms with Crippen molar-refractivity contribution in [3.05, 3.63) is 66.4 Å². The van der Waals surface area contributed by atoms with Crippen LogP contribution in [0.4, 0.5) is 21.9 Å². The molecule has 200 valence electrons. The summed E-state index contributed by atoms with van der Waals surface area (Å²) < 4.78 is 11.3. The van der Waals surface area contributed by atoms with Crippen LogP contribution < -0.4 is 15.5 Å². The highest BCUT2D eigenvalue weighted by Crippen LogP contribution is 2.27. The minimum Gasteiger partial charge on any atom is -0.451 e. The fraction of sp³-hybridized carbons (Fsp3) is 0.345. The number of nitrogens with zero attached hydrogens (tertiary/aromatic N) is 2. The van der Waals surface area contributed by atoms with E-state index < -0.39 is 5.60 Å². The van der Waals surface area contributed by atoms with Gasteiger partial charge in [-0.05, 0) is 75.7 Å². The minimum atomic E-state index is -0.528. The largest absolute Gasteiger partial charge is 0.451 e. The molecule has 0 bridgehead atoms. The maximum Gasteiger partial charge on any atom is 0.410 e. The van der Waals surface area contributed by atoms with Crippen molar-refractivity contribution >= 4 is 35.0 Å². The molecule has 2 N–H and O–H groups in total. The molecule has 1 aliphatic rings. The summed E-state index contributed by atoms with van der Waals surface area (Å²) in [5.41, 5.74) is 2.53. The summed E-state index contributed by atoms with van der Waals surface area (Å²) >= 11 is 0. The van der Waals surface area contributed by atoms with Crippen LogP contribution in [-0.2, 0) is 9.53 Å². The molecule has 9 nitrogen and oxygen atoms in total. The summed E-state index contributed by atoms with van der Waals surface area (Å²) in [6.45, 7) is 8.56. The maximum absolute atomic E-state index is 12.8. The van der Waals surface area contributed by atoms with Crippen LogP contribution in [0, 0.1) is 0 Å². The summed E-state index contributed by atoms with van der Waals surface area (Å²) in [7, 11) is 1.78. The molecule has 0 spiro atoms. The lowest BCUT2D eigenvalue weighted by Crippen LogP contribution is -2.42. The van der Waals surface area contributed by atoms with Crippen molar-refractivity contribution in [3.63, 3.8) is 0 Å². The van der Waals surface area contributed by atoms with Crippen LogP contribution in [0.1, 0.15) is 44.7 Å². The van der Waals surface area contributed by atoms with E-state index in [1.54, 1.807) is 36.2 Å². The monoisotopic (exact) mass is 518 g/mol. The fourth-order valence-corrected chi connectivity index (χ4v) is 4.29. The second-order valence-corrected chi connectivity index (χ2v) is 10.4. The Hall–Kier alpha value is -4.27. The van der Waals surface area contributed by atoms with Gasteiger partial charge in [-0.1, -0.05) is 12.1 Å². The number of anilines is 3. The number of rotatable bonds is 6. The standard InChI is InChI=1S/C29H34N4O5/c1-19(34)30-22-8-6-7-20(17-22)25-13-14-26(37-25)27(35)31-21-9-11-23(12-10-21)33-16-15-24(18-33)32(5)28(36)38-29(2,3)4/h6-14,17,24H,15-16,18H2,1-5H3,(H,30,34)(H,31,35). The van der Waals surface area contributed by atoms with Crippen LogP contribution >= 0.6 is 0 Å². The van der Waals surface area contributed by atoms with Gasteiger partial charge in [0.05, 0.1) is 6.04 Å². The van der Waals surface area contributed by atoms with Crippen LogP contribution in [0.3, 0.4) is 0 Å². The molecule has 1 aliphatic heterocycles. The molecule has 3 aromatic rings. The van der Waals surface area contributed by atoms with E-state index in [-0.39, 0.29) is 29.7 Å².